The number of hydrogen-bond donors (Lipinski definition) is 1. The quantitative estimate of drug-likeness (QED) is 0.519. The Labute approximate surface area is 166 Å². The maximum atomic E-state index is 12.7. The summed E-state index contributed by atoms with van der Waals surface area (Å²) >= 11 is 1.38. The van der Waals surface area contributed by atoms with E-state index in [0.717, 1.165) is 25.9 Å². The van der Waals surface area contributed by atoms with E-state index >= 15 is 0 Å². The second kappa shape index (κ2) is 8.22. The molecule has 0 radical (unpaired) electrons. The maximum absolute atomic E-state index is 12.7. The molecular formula is C21H19N3O3S. The van der Waals surface area contributed by atoms with E-state index in [2.05, 4.69) is 15.2 Å². The van der Waals surface area contributed by atoms with Crippen LogP contribution in [0, 0.1) is 0 Å². The second-order valence-corrected chi connectivity index (χ2v) is 7.36. The molecule has 28 heavy (non-hydrogen) atoms. The zero-order valence-corrected chi connectivity index (χ0v) is 15.9. The third-order valence-corrected chi connectivity index (χ3v) is 5.35. The molecule has 2 aromatic heterocycles. The van der Waals surface area contributed by atoms with Crippen molar-refractivity contribution in [3.05, 3.63) is 70.5 Å². The number of ether oxygens (including phenoxy) is 1. The number of amides is 1. The molecule has 0 unspecified atom stereocenters. The van der Waals surface area contributed by atoms with E-state index in [-0.39, 0.29) is 5.91 Å². The Balaban J connectivity index is 1.43. The normalized spacial score (nSPS) is 13.4. The lowest BCUT2D eigenvalue weighted by Crippen LogP contribution is -2.23. The molecule has 1 aliphatic heterocycles. The van der Waals surface area contributed by atoms with Gasteiger partial charge in [-0.3, -0.25) is 4.79 Å². The molecule has 3 aromatic rings. The Morgan fingerprint density at radius 1 is 1.04 bits per heavy atom. The summed E-state index contributed by atoms with van der Waals surface area (Å²) in [6.07, 6.45) is 3.89. The lowest BCUT2D eigenvalue weighted by molar-refractivity contribution is 0.0734. The third kappa shape index (κ3) is 4.04. The molecule has 0 spiro atoms. The first-order chi connectivity index (χ1) is 13.7. The van der Waals surface area contributed by atoms with E-state index < -0.39 is 5.97 Å². The van der Waals surface area contributed by atoms with Crippen LogP contribution in [0.5, 0.6) is 5.75 Å². The SMILES string of the molecule is O=C(Nc1ccc(OC(=O)c2cccnc2N2CCCC2)cc1)c1cccs1. The number of hydrogen-bond acceptors (Lipinski definition) is 6. The van der Waals surface area contributed by atoms with Crippen molar-refractivity contribution in [2.24, 2.45) is 0 Å². The number of carbonyl (C=O) groups excluding carboxylic acids is 2. The predicted molar refractivity (Wildman–Crippen MR) is 109 cm³/mol. The average molecular weight is 393 g/mol. The van der Waals surface area contributed by atoms with Gasteiger partial charge in [-0.25, -0.2) is 9.78 Å². The molecule has 0 bridgehead atoms. The molecular weight excluding hydrogens is 374 g/mol. The van der Waals surface area contributed by atoms with E-state index in [4.69, 9.17) is 4.74 Å². The number of carbonyl (C=O) groups is 2. The van der Waals surface area contributed by atoms with Crippen LogP contribution in [-0.4, -0.2) is 29.9 Å². The van der Waals surface area contributed by atoms with Gasteiger partial charge in [0.1, 0.15) is 17.1 Å². The fourth-order valence-electron chi connectivity index (χ4n) is 3.11. The summed E-state index contributed by atoms with van der Waals surface area (Å²) in [6.45, 7) is 1.80. The minimum absolute atomic E-state index is 0.162. The van der Waals surface area contributed by atoms with Gasteiger partial charge in [-0.2, -0.15) is 0 Å². The molecule has 3 heterocycles. The fraction of sp³-hybridized carbons (Fsp3) is 0.190. The van der Waals surface area contributed by atoms with Crippen molar-refractivity contribution in [3.63, 3.8) is 0 Å². The predicted octanol–water partition coefficient (Wildman–Crippen LogP) is 4.21. The van der Waals surface area contributed by atoms with Crippen molar-refractivity contribution < 1.29 is 14.3 Å². The summed E-state index contributed by atoms with van der Waals surface area (Å²) in [5.41, 5.74) is 1.09. The standard InChI is InChI=1S/C21H19N3O3S/c25-20(18-6-4-14-28-18)23-15-7-9-16(10-8-15)27-21(26)17-5-3-11-22-19(17)24-12-1-2-13-24/h3-11,14H,1-2,12-13H2,(H,23,25). The van der Waals surface area contributed by atoms with Crippen molar-refractivity contribution in [2.75, 3.05) is 23.3 Å². The van der Waals surface area contributed by atoms with Crippen molar-refractivity contribution in [2.45, 2.75) is 12.8 Å². The van der Waals surface area contributed by atoms with Crippen molar-refractivity contribution >= 4 is 34.7 Å². The lowest BCUT2D eigenvalue weighted by Gasteiger charge is -2.18. The number of anilines is 2. The monoisotopic (exact) mass is 393 g/mol. The summed E-state index contributed by atoms with van der Waals surface area (Å²) < 4.78 is 5.52. The van der Waals surface area contributed by atoms with E-state index in [1.807, 2.05) is 11.4 Å². The van der Waals surface area contributed by atoms with E-state index in [1.54, 1.807) is 48.7 Å². The number of thiophene rings is 1. The molecule has 1 aromatic carbocycles. The topological polar surface area (TPSA) is 71.5 Å². The van der Waals surface area contributed by atoms with Crippen LogP contribution < -0.4 is 15.0 Å². The highest BCUT2D eigenvalue weighted by atomic mass is 32.1. The minimum atomic E-state index is -0.439. The van der Waals surface area contributed by atoms with Crippen LogP contribution in [0.25, 0.3) is 0 Å². The van der Waals surface area contributed by atoms with E-state index in [9.17, 15) is 9.59 Å². The smallest absolute Gasteiger partial charge is 0.347 e. The van der Waals surface area contributed by atoms with E-state index in [0.29, 0.717) is 27.7 Å². The Morgan fingerprint density at radius 2 is 1.82 bits per heavy atom. The van der Waals surface area contributed by atoms with Gasteiger partial charge in [-0.05, 0) is 60.7 Å². The highest BCUT2D eigenvalue weighted by molar-refractivity contribution is 7.12. The van der Waals surface area contributed by atoms with Gasteiger partial charge in [0, 0.05) is 25.0 Å². The first-order valence-corrected chi connectivity index (χ1v) is 9.96. The van der Waals surface area contributed by atoms with Crippen molar-refractivity contribution in [1.29, 1.82) is 0 Å². The molecule has 1 saturated heterocycles. The molecule has 4 rings (SSSR count). The molecule has 6 nitrogen and oxygen atoms in total. The van der Waals surface area contributed by atoms with Crippen molar-refractivity contribution in [3.8, 4) is 5.75 Å². The first-order valence-electron chi connectivity index (χ1n) is 9.08. The Bertz CT molecular complexity index is 965. The summed E-state index contributed by atoms with van der Waals surface area (Å²) in [6, 6.07) is 13.8. The van der Waals surface area contributed by atoms with Crippen LogP contribution in [0.4, 0.5) is 11.5 Å². The molecule has 7 heteroatoms. The highest BCUT2D eigenvalue weighted by Gasteiger charge is 2.21. The number of aromatic nitrogens is 1. The molecule has 1 aliphatic rings. The van der Waals surface area contributed by atoms with Crippen LogP contribution >= 0.6 is 11.3 Å². The zero-order chi connectivity index (χ0) is 19.3. The van der Waals surface area contributed by atoms with Gasteiger partial charge >= 0.3 is 5.97 Å². The molecule has 0 aliphatic carbocycles. The number of rotatable bonds is 5. The van der Waals surface area contributed by atoms with Crippen LogP contribution in [0.2, 0.25) is 0 Å². The zero-order valence-electron chi connectivity index (χ0n) is 15.1. The first kappa shape index (κ1) is 18.2. The largest absolute Gasteiger partial charge is 0.423 e. The highest BCUT2D eigenvalue weighted by Crippen LogP contribution is 2.24. The molecule has 142 valence electrons. The summed E-state index contributed by atoms with van der Waals surface area (Å²) in [5, 5.41) is 4.67. The maximum Gasteiger partial charge on any atom is 0.347 e. The number of pyridine rings is 1. The number of nitrogens with zero attached hydrogens (tertiary/aromatic N) is 2. The van der Waals surface area contributed by atoms with Crippen LogP contribution in [0.1, 0.15) is 32.9 Å². The van der Waals surface area contributed by atoms with Crippen LogP contribution in [0.3, 0.4) is 0 Å². The van der Waals surface area contributed by atoms with Crippen LogP contribution in [-0.2, 0) is 0 Å². The van der Waals surface area contributed by atoms with Crippen LogP contribution in [0.15, 0.2) is 60.1 Å². The summed E-state index contributed by atoms with van der Waals surface area (Å²) in [7, 11) is 0. The minimum Gasteiger partial charge on any atom is -0.423 e. The number of esters is 1. The second-order valence-electron chi connectivity index (χ2n) is 6.41. The van der Waals surface area contributed by atoms with Gasteiger partial charge in [0.2, 0.25) is 0 Å². The van der Waals surface area contributed by atoms with Gasteiger partial charge in [-0.15, -0.1) is 11.3 Å². The molecule has 1 amide bonds. The van der Waals surface area contributed by atoms with E-state index in [1.165, 1.54) is 11.3 Å². The Hall–Kier alpha value is -3.19. The average Bonchev–Trinajstić information content (AvgIpc) is 3.43. The summed E-state index contributed by atoms with van der Waals surface area (Å²) in [5.74, 6) is 0.482. The van der Waals surface area contributed by atoms with Gasteiger partial charge in [0.25, 0.3) is 5.91 Å². The molecule has 0 atom stereocenters. The fourth-order valence-corrected chi connectivity index (χ4v) is 3.72. The third-order valence-electron chi connectivity index (χ3n) is 4.48. The Morgan fingerprint density at radius 3 is 2.54 bits per heavy atom. The molecule has 0 saturated carbocycles. The van der Waals surface area contributed by atoms with Gasteiger partial charge in [-0.1, -0.05) is 6.07 Å². The summed E-state index contributed by atoms with van der Waals surface area (Å²) in [4.78, 5) is 31.9. The van der Waals surface area contributed by atoms with Gasteiger partial charge in [0.05, 0.1) is 4.88 Å². The molecule has 1 N–H and O–H groups in total. The van der Waals surface area contributed by atoms with Gasteiger partial charge in [0.15, 0.2) is 0 Å². The Kier molecular flexibility index (Phi) is 5.34. The number of nitrogens with one attached hydrogen (secondary N) is 1. The lowest BCUT2D eigenvalue weighted by atomic mass is 10.2. The number of benzene rings is 1. The van der Waals surface area contributed by atoms with Crippen molar-refractivity contribution in [1.82, 2.24) is 4.98 Å². The molecule has 1 fully saturated rings. The van der Waals surface area contributed by atoms with Gasteiger partial charge < -0.3 is 15.0 Å².